The van der Waals surface area contributed by atoms with Crippen molar-refractivity contribution in [3.05, 3.63) is 28.1 Å². The average Bonchev–Trinajstić information content (AvgIpc) is 2.86. The highest BCUT2D eigenvalue weighted by molar-refractivity contribution is 7.94. The molecule has 2 aromatic heterocycles. The molecule has 0 radical (unpaired) electrons. The fourth-order valence-corrected chi connectivity index (χ4v) is 4.32. The summed E-state index contributed by atoms with van der Waals surface area (Å²) < 4.78 is 26.6. The fourth-order valence-electron chi connectivity index (χ4n) is 1.18. The van der Waals surface area contributed by atoms with E-state index in [4.69, 9.17) is 5.73 Å². The van der Waals surface area contributed by atoms with E-state index in [-0.39, 0.29) is 4.21 Å². The Labute approximate surface area is 107 Å². The highest BCUT2D eigenvalue weighted by atomic mass is 32.2. The van der Waals surface area contributed by atoms with E-state index in [0.29, 0.717) is 11.7 Å². The van der Waals surface area contributed by atoms with Gasteiger partial charge in [-0.05, 0) is 19.1 Å². The van der Waals surface area contributed by atoms with Gasteiger partial charge in [0.25, 0.3) is 10.0 Å². The predicted molar refractivity (Wildman–Crippen MR) is 69.9 cm³/mol. The molecular formula is C9H11N3O2S3. The van der Waals surface area contributed by atoms with E-state index >= 15 is 0 Å². The average molecular weight is 289 g/mol. The number of anilines is 1. The molecule has 0 fully saturated rings. The number of nitrogens with one attached hydrogen (secondary N) is 1. The second kappa shape index (κ2) is 4.73. The van der Waals surface area contributed by atoms with E-state index in [1.807, 2.05) is 6.92 Å². The van der Waals surface area contributed by atoms with Gasteiger partial charge in [0.2, 0.25) is 0 Å². The van der Waals surface area contributed by atoms with Crippen LogP contribution < -0.4 is 10.5 Å². The van der Waals surface area contributed by atoms with Crippen LogP contribution in [0, 0.1) is 6.92 Å². The highest BCUT2D eigenvalue weighted by Gasteiger charge is 2.18. The lowest BCUT2D eigenvalue weighted by Crippen LogP contribution is -2.11. The van der Waals surface area contributed by atoms with Crippen molar-refractivity contribution < 1.29 is 8.42 Å². The number of aryl methyl sites for hydroxylation is 1. The van der Waals surface area contributed by atoms with Gasteiger partial charge < -0.3 is 5.73 Å². The summed E-state index contributed by atoms with van der Waals surface area (Å²) in [6.07, 6.45) is 1.63. The van der Waals surface area contributed by atoms with Crippen molar-refractivity contribution in [1.82, 2.24) is 4.98 Å². The number of thiazole rings is 1. The Bertz CT molecular complexity index is 615. The third-order valence-corrected chi connectivity index (χ3v) is 5.84. The molecule has 0 aliphatic carbocycles. The van der Waals surface area contributed by atoms with E-state index < -0.39 is 10.0 Å². The van der Waals surface area contributed by atoms with Crippen molar-refractivity contribution in [3.8, 4) is 0 Å². The van der Waals surface area contributed by atoms with Crippen molar-refractivity contribution in [2.75, 3.05) is 4.72 Å². The monoisotopic (exact) mass is 289 g/mol. The van der Waals surface area contributed by atoms with Crippen molar-refractivity contribution in [2.45, 2.75) is 17.7 Å². The molecule has 0 atom stereocenters. The molecule has 0 saturated heterocycles. The quantitative estimate of drug-likeness (QED) is 0.898. The molecule has 0 saturated carbocycles. The third kappa shape index (κ3) is 2.83. The Morgan fingerprint density at radius 2 is 2.18 bits per heavy atom. The van der Waals surface area contributed by atoms with Crippen LogP contribution in [0.4, 0.5) is 5.13 Å². The second-order valence-electron chi connectivity index (χ2n) is 3.31. The summed E-state index contributed by atoms with van der Waals surface area (Å²) in [6, 6.07) is 3.27. The molecule has 2 rings (SSSR count). The number of aromatic nitrogens is 1. The number of hydrogen-bond acceptors (Lipinski definition) is 6. The molecule has 2 heterocycles. The molecule has 8 heteroatoms. The molecule has 0 amide bonds. The van der Waals surface area contributed by atoms with Gasteiger partial charge in [0.15, 0.2) is 5.13 Å². The molecule has 5 nitrogen and oxygen atoms in total. The van der Waals surface area contributed by atoms with Gasteiger partial charge in [-0.1, -0.05) is 0 Å². The third-order valence-electron chi connectivity index (χ3n) is 1.95. The Morgan fingerprint density at radius 3 is 2.71 bits per heavy atom. The first-order valence-corrected chi connectivity index (χ1v) is 7.87. The van der Waals surface area contributed by atoms with Crippen LogP contribution in [-0.2, 0) is 16.6 Å². The summed E-state index contributed by atoms with van der Waals surface area (Å²) >= 11 is 2.47. The summed E-state index contributed by atoms with van der Waals surface area (Å²) in [4.78, 5) is 5.75. The van der Waals surface area contributed by atoms with Crippen LogP contribution >= 0.6 is 22.7 Å². The minimum Gasteiger partial charge on any atom is -0.326 e. The topological polar surface area (TPSA) is 85.1 Å². The predicted octanol–water partition coefficient (Wildman–Crippen LogP) is 1.77. The summed E-state index contributed by atoms with van der Waals surface area (Å²) in [6.45, 7) is 2.21. The zero-order valence-corrected chi connectivity index (χ0v) is 11.5. The molecule has 0 aromatic carbocycles. The van der Waals surface area contributed by atoms with Crippen LogP contribution in [0.3, 0.4) is 0 Å². The molecule has 3 N–H and O–H groups in total. The van der Waals surface area contributed by atoms with Crippen LogP contribution in [-0.4, -0.2) is 13.4 Å². The van der Waals surface area contributed by atoms with Gasteiger partial charge in [-0.2, -0.15) is 0 Å². The van der Waals surface area contributed by atoms with Crippen molar-refractivity contribution in [1.29, 1.82) is 0 Å². The van der Waals surface area contributed by atoms with Gasteiger partial charge in [-0.15, -0.1) is 22.7 Å². The van der Waals surface area contributed by atoms with Gasteiger partial charge in [0.05, 0.1) is 0 Å². The standard InChI is InChI=1S/C9H11N3O2S3/c1-6-5-11-9(15-6)12-17(13,14)8-3-2-7(4-10)16-8/h2-3,5H,4,10H2,1H3,(H,11,12). The maximum atomic E-state index is 12.0. The molecular weight excluding hydrogens is 278 g/mol. The molecule has 0 unspecified atom stereocenters. The van der Waals surface area contributed by atoms with Crippen molar-refractivity contribution in [3.63, 3.8) is 0 Å². The first-order chi connectivity index (χ1) is 8.01. The van der Waals surface area contributed by atoms with Gasteiger partial charge in [0, 0.05) is 22.5 Å². The number of sulfonamides is 1. The van der Waals surface area contributed by atoms with E-state index in [1.54, 1.807) is 18.3 Å². The molecule has 0 bridgehead atoms. The lowest BCUT2D eigenvalue weighted by molar-refractivity contribution is 0.603. The Hall–Kier alpha value is -0.960. The lowest BCUT2D eigenvalue weighted by atomic mass is 10.5. The molecule has 0 aliphatic heterocycles. The summed E-state index contributed by atoms with van der Waals surface area (Å²) in [7, 11) is -3.53. The summed E-state index contributed by atoms with van der Waals surface area (Å²) in [5.74, 6) is 0. The van der Waals surface area contributed by atoms with E-state index in [2.05, 4.69) is 9.71 Å². The first-order valence-electron chi connectivity index (χ1n) is 4.75. The largest absolute Gasteiger partial charge is 0.326 e. The summed E-state index contributed by atoms with van der Waals surface area (Å²) in [5.41, 5.74) is 5.45. The van der Waals surface area contributed by atoms with Crippen LogP contribution in [0.25, 0.3) is 0 Å². The molecule has 92 valence electrons. The number of rotatable bonds is 4. The smallest absolute Gasteiger partial charge is 0.273 e. The minimum absolute atomic E-state index is 0.255. The number of thiophene rings is 1. The van der Waals surface area contributed by atoms with E-state index in [1.165, 1.54) is 22.7 Å². The van der Waals surface area contributed by atoms with Gasteiger partial charge in [-0.3, -0.25) is 4.72 Å². The van der Waals surface area contributed by atoms with Gasteiger partial charge in [0.1, 0.15) is 4.21 Å². The van der Waals surface area contributed by atoms with Crippen molar-refractivity contribution >= 4 is 37.8 Å². The zero-order chi connectivity index (χ0) is 12.5. The Balaban J connectivity index is 2.24. The zero-order valence-electron chi connectivity index (χ0n) is 9.00. The highest BCUT2D eigenvalue weighted by Crippen LogP contribution is 2.25. The maximum Gasteiger partial charge on any atom is 0.273 e. The normalized spacial score (nSPS) is 11.6. The van der Waals surface area contributed by atoms with Gasteiger partial charge in [-0.25, -0.2) is 13.4 Å². The molecule has 2 aromatic rings. The van der Waals surface area contributed by atoms with Crippen LogP contribution in [0.5, 0.6) is 0 Å². The number of hydrogen-bond donors (Lipinski definition) is 2. The van der Waals surface area contributed by atoms with Crippen LogP contribution in [0.2, 0.25) is 0 Å². The van der Waals surface area contributed by atoms with E-state index in [9.17, 15) is 8.42 Å². The molecule has 0 spiro atoms. The number of nitrogens with zero attached hydrogens (tertiary/aromatic N) is 1. The first kappa shape index (κ1) is 12.5. The fraction of sp³-hybridized carbons (Fsp3) is 0.222. The Kier molecular flexibility index (Phi) is 3.48. The van der Waals surface area contributed by atoms with Crippen LogP contribution in [0.15, 0.2) is 22.5 Å². The number of nitrogens with two attached hydrogens (primary N) is 1. The summed E-state index contributed by atoms with van der Waals surface area (Å²) in [5, 5.41) is 0.380. The van der Waals surface area contributed by atoms with E-state index in [0.717, 1.165) is 9.75 Å². The maximum absolute atomic E-state index is 12.0. The Morgan fingerprint density at radius 1 is 1.41 bits per heavy atom. The molecule has 17 heavy (non-hydrogen) atoms. The second-order valence-corrected chi connectivity index (χ2v) is 7.62. The van der Waals surface area contributed by atoms with Crippen molar-refractivity contribution in [2.24, 2.45) is 5.73 Å². The SMILES string of the molecule is Cc1cnc(NS(=O)(=O)c2ccc(CN)s2)s1. The van der Waals surface area contributed by atoms with Crippen LogP contribution in [0.1, 0.15) is 9.75 Å². The van der Waals surface area contributed by atoms with Gasteiger partial charge >= 0.3 is 0 Å². The lowest BCUT2D eigenvalue weighted by Gasteiger charge is -2.01. The molecule has 0 aliphatic rings. The minimum atomic E-state index is -3.53.